The van der Waals surface area contributed by atoms with Crippen molar-refractivity contribution in [3.8, 4) is 0 Å². The first kappa shape index (κ1) is 11.7. The smallest absolute Gasteiger partial charge is 0.254 e. The van der Waals surface area contributed by atoms with Crippen LogP contribution in [0.1, 0.15) is 36.0 Å². The lowest BCUT2D eigenvalue weighted by molar-refractivity contribution is -0.0184. The lowest BCUT2D eigenvalue weighted by Gasteiger charge is -2.45. The van der Waals surface area contributed by atoms with Gasteiger partial charge in [0.2, 0.25) is 0 Å². The Balaban J connectivity index is 1.81. The molecule has 1 aromatic rings. The summed E-state index contributed by atoms with van der Waals surface area (Å²) in [6, 6.07) is 9.42. The maximum atomic E-state index is 12.5. The summed E-state index contributed by atoms with van der Waals surface area (Å²) >= 11 is 0. The molecule has 1 amide bonds. The molecule has 0 unspecified atom stereocenters. The second-order valence-electron chi connectivity index (χ2n) is 5.47. The number of fused-ring (bicyclic) bond motifs is 2. The second kappa shape index (κ2) is 4.73. The first-order chi connectivity index (χ1) is 8.75. The van der Waals surface area contributed by atoms with E-state index in [4.69, 9.17) is 0 Å². The monoisotopic (exact) mass is 245 g/mol. The van der Waals surface area contributed by atoms with E-state index in [9.17, 15) is 9.90 Å². The summed E-state index contributed by atoms with van der Waals surface area (Å²) in [6.45, 7) is 0.792. The lowest BCUT2D eigenvalue weighted by Crippen LogP contribution is -2.54. The van der Waals surface area contributed by atoms with E-state index in [2.05, 4.69) is 0 Å². The van der Waals surface area contributed by atoms with Gasteiger partial charge in [0.05, 0.1) is 12.1 Å². The van der Waals surface area contributed by atoms with Gasteiger partial charge >= 0.3 is 0 Å². The molecule has 0 aromatic heterocycles. The van der Waals surface area contributed by atoms with Gasteiger partial charge < -0.3 is 10.0 Å². The number of amides is 1. The predicted octanol–water partition coefficient (Wildman–Crippen LogP) is 2.06. The number of likely N-dealkylation sites (tertiary alicyclic amines) is 1. The largest absolute Gasteiger partial charge is 0.391 e. The van der Waals surface area contributed by atoms with Crippen molar-refractivity contribution in [2.75, 3.05) is 6.54 Å². The van der Waals surface area contributed by atoms with Crippen LogP contribution in [0.5, 0.6) is 0 Å². The number of aliphatic hydroxyl groups is 1. The fraction of sp³-hybridized carbons (Fsp3) is 0.533. The average molecular weight is 245 g/mol. The molecule has 18 heavy (non-hydrogen) atoms. The highest BCUT2D eigenvalue weighted by Crippen LogP contribution is 2.35. The maximum absolute atomic E-state index is 12.5. The number of hydrogen-bond acceptors (Lipinski definition) is 2. The topological polar surface area (TPSA) is 40.5 Å². The van der Waals surface area contributed by atoms with Crippen LogP contribution in [-0.2, 0) is 0 Å². The quantitative estimate of drug-likeness (QED) is 0.822. The fourth-order valence-corrected chi connectivity index (χ4v) is 3.30. The Bertz CT molecular complexity index is 431. The molecule has 1 heterocycles. The molecule has 3 atom stereocenters. The van der Waals surface area contributed by atoms with Crippen LogP contribution in [0.3, 0.4) is 0 Å². The number of aliphatic hydroxyl groups excluding tert-OH is 1. The van der Waals surface area contributed by atoms with E-state index in [0.29, 0.717) is 5.92 Å². The molecule has 96 valence electrons. The predicted molar refractivity (Wildman–Crippen MR) is 69.2 cm³/mol. The Morgan fingerprint density at radius 2 is 1.94 bits per heavy atom. The summed E-state index contributed by atoms with van der Waals surface area (Å²) < 4.78 is 0. The molecule has 1 aliphatic heterocycles. The van der Waals surface area contributed by atoms with Crippen molar-refractivity contribution >= 4 is 5.91 Å². The summed E-state index contributed by atoms with van der Waals surface area (Å²) in [5, 5.41) is 10.1. The highest BCUT2D eigenvalue weighted by molar-refractivity contribution is 5.94. The Labute approximate surface area is 107 Å². The zero-order chi connectivity index (χ0) is 12.5. The number of nitrogens with zero attached hydrogens (tertiary/aromatic N) is 1. The van der Waals surface area contributed by atoms with Crippen molar-refractivity contribution < 1.29 is 9.90 Å². The van der Waals surface area contributed by atoms with E-state index in [1.807, 2.05) is 35.2 Å². The minimum Gasteiger partial charge on any atom is -0.391 e. The van der Waals surface area contributed by atoms with E-state index in [0.717, 1.165) is 37.8 Å². The van der Waals surface area contributed by atoms with E-state index < -0.39 is 0 Å². The number of carbonyl (C=O) groups is 1. The van der Waals surface area contributed by atoms with Crippen molar-refractivity contribution in [3.05, 3.63) is 35.9 Å². The van der Waals surface area contributed by atoms with Gasteiger partial charge in [-0.3, -0.25) is 4.79 Å². The van der Waals surface area contributed by atoms with Gasteiger partial charge in [0, 0.05) is 12.1 Å². The van der Waals surface area contributed by atoms with Gasteiger partial charge in [-0.25, -0.2) is 0 Å². The van der Waals surface area contributed by atoms with Crippen LogP contribution in [0.4, 0.5) is 0 Å². The van der Waals surface area contributed by atoms with Crippen molar-refractivity contribution in [1.29, 1.82) is 0 Å². The first-order valence-corrected chi connectivity index (χ1v) is 6.80. The minimum atomic E-state index is -0.339. The summed E-state index contributed by atoms with van der Waals surface area (Å²) in [4.78, 5) is 14.3. The molecule has 3 heteroatoms. The standard InChI is InChI=1S/C15H19NO2/c17-14-7-6-11-8-9-16(13(14)10-11)15(18)12-4-2-1-3-5-12/h1-5,11,13-14,17H,6-10H2/t11-,13+,14+/m1/s1. The number of carbonyl (C=O) groups excluding carboxylic acids is 1. The molecule has 2 fully saturated rings. The van der Waals surface area contributed by atoms with Crippen LogP contribution < -0.4 is 0 Å². The second-order valence-corrected chi connectivity index (χ2v) is 5.47. The minimum absolute atomic E-state index is 0.0326. The average Bonchev–Trinajstić information content (AvgIpc) is 2.44. The molecule has 2 aliphatic rings. The van der Waals surface area contributed by atoms with Crippen LogP contribution in [0.25, 0.3) is 0 Å². The van der Waals surface area contributed by atoms with E-state index >= 15 is 0 Å². The number of piperidine rings is 1. The van der Waals surface area contributed by atoms with E-state index in [1.165, 1.54) is 0 Å². The van der Waals surface area contributed by atoms with Gasteiger partial charge in [-0.15, -0.1) is 0 Å². The third-order valence-corrected chi connectivity index (χ3v) is 4.35. The SMILES string of the molecule is O=C(c1ccccc1)N1CC[C@H]2CC[C@H](O)[C@@H]1C2. The van der Waals surface area contributed by atoms with Crippen LogP contribution >= 0.6 is 0 Å². The van der Waals surface area contributed by atoms with Gasteiger partial charge in [-0.1, -0.05) is 18.2 Å². The summed E-state index contributed by atoms with van der Waals surface area (Å²) in [5.41, 5.74) is 0.730. The van der Waals surface area contributed by atoms with Crippen molar-refractivity contribution in [3.63, 3.8) is 0 Å². The summed E-state index contributed by atoms with van der Waals surface area (Å²) in [7, 11) is 0. The Kier molecular flexibility index (Phi) is 3.08. The lowest BCUT2D eigenvalue weighted by atomic mass is 9.78. The highest BCUT2D eigenvalue weighted by Gasteiger charge is 2.39. The molecule has 1 aromatic carbocycles. The molecular formula is C15H19NO2. The molecule has 1 saturated heterocycles. The van der Waals surface area contributed by atoms with Gasteiger partial charge in [-0.2, -0.15) is 0 Å². The summed E-state index contributed by atoms with van der Waals surface area (Å²) in [6.07, 6.45) is 3.68. The molecular weight excluding hydrogens is 226 g/mol. The van der Waals surface area contributed by atoms with Gasteiger partial charge in [-0.05, 0) is 43.7 Å². The molecule has 3 rings (SSSR count). The van der Waals surface area contributed by atoms with Crippen molar-refractivity contribution in [1.82, 2.24) is 4.90 Å². The number of benzene rings is 1. The summed E-state index contributed by atoms with van der Waals surface area (Å²) in [5.74, 6) is 0.776. The first-order valence-electron chi connectivity index (χ1n) is 6.80. The maximum Gasteiger partial charge on any atom is 0.254 e. The number of rotatable bonds is 1. The van der Waals surface area contributed by atoms with Gasteiger partial charge in [0.15, 0.2) is 0 Å². The molecule has 1 aliphatic carbocycles. The van der Waals surface area contributed by atoms with Crippen molar-refractivity contribution in [2.24, 2.45) is 5.92 Å². The van der Waals surface area contributed by atoms with Crippen molar-refractivity contribution in [2.45, 2.75) is 37.8 Å². The normalized spacial score (nSPS) is 31.2. The third kappa shape index (κ3) is 2.03. The number of hydrogen-bond donors (Lipinski definition) is 1. The van der Waals surface area contributed by atoms with E-state index in [-0.39, 0.29) is 18.1 Å². The third-order valence-electron chi connectivity index (χ3n) is 4.35. The van der Waals surface area contributed by atoms with Crippen LogP contribution in [-0.4, -0.2) is 34.6 Å². The Hall–Kier alpha value is -1.35. The van der Waals surface area contributed by atoms with Crippen LogP contribution in [0.15, 0.2) is 30.3 Å². The van der Waals surface area contributed by atoms with Crippen LogP contribution in [0.2, 0.25) is 0 Å². The molecule has 3 nitrogen and oxygen atoms in total. The fourth-order valence-electron chi connectivity index (χ4n) is 3.30. The van der Waals surface area contributed by atoms with Crippen LogP contribution in [0, 0.1) is 5.92 Å². The van der Waals surface area contributed by atoms with Gasteiger partial charge in [0.25, 0.3) is 5.91 Å². The Morgan fingerprint density at radius 3 is 2.72 bits per heavy atom. The van der Waals surface area contributed by atoms with Gasteiger partial charge in [0.1, 0.15) is 0 Å². The molecule has 1 N–H and O–H groups in total. The zero-order valence-electron chi connectivity index (χ0n) is 10.5. The zero-order valence-corrected chi connectivity index (χ0v) is 10.5. The molecule has 2 bridgehead atoms. The molecule has 0 radical (unpaired) electrons. The molecule has 0 spiro atoms. The van der Waals surface area contributed by atoms with E-state index in [1.54, 1.807) is 0 Å². The highest BCUT2D eigenvalue weighted by atomic mass is 16.3. The Morgan fingerprint density at radius 1 is 1.17 bits per heavy atom. The molecule has 1 saturated carbocycles.